The molecular weight excluding hydrogens is 246 g/mol. The van der Waals surface area contributed by atoms with Crippen LogP contribution in [0.5, 0.6) is 0 Å². The number of nitrogens with two attached hydrogens (primary N) is 1. The lowest BCUT2D eigenvalue weighted by molar-refractivity contribution is 0.389. The summed E-state index contributed by atoms with van der Waals surface area (Å²) in [7, 11) is 0. The van der Waals surface area contributed by atoms with Crippen molar-refractivity contribution >= 4 is 11.6 Å². The van der Waals surface area contributed by atoms with Gasteiger partial charge in [-0.2, -0.15) is 0 Å². The lowest BCUT2D eigenvalue weighted by Crippen LogP contribution is -2.44. The van der Waals surface area contributed by atoms with Crippen LogP contribution in [0.4, 0.5) is 5.69 Å². The molecule has 1 saturated carbocycles. The maximum atomic E-state index is 6.17. The van der Waals surface area contributed by atoms with Gasteiger partial charge in [-0.15, -0.1) is 0 Å². The molecule has 1 aliphatic carbocycles. The molecular formula is C17H25N3. The van der Waals surface area contributed by atoms with Crippen molar-refractivity contribution in [3.63, 3.8) is 0 Å². The van der Waals surface area contributed by atoms with E-state index < -0.39 is 0 Å². The van der Waals surface area contributed by atoms with Gasteiger partial charge in [0.1, 0.15) is 0 Å². The molecule has 0 saturated heterocycles. The minimum absolute atomic E-state index is 0.467. The SMILES string of the molecule is Cc1cccc(N2C(N)=NCC2C2CCCCCC2)c1. The molecule has 20 heavy (non-hydrogen) atoms. The second-order valence-corrected chi connectivity index (χ2v) is 6.23. The second kappa shape index (κ2) is 5.86. The van der Waals surface area contributed by atoms with Crippen LogP contribution < -0.4 is 10.6 Å². The van der Waals surface area contributed by atoms with E-state index in [1.54, 1.807) is 0 Å². The fourth-order valence-corrected chi connectivity index (χ4v) is 3.67. The molecule has 0 radical (unpaired) electrons. The Morgan fingerprint density at radius 3 is 2.60 bits per heavy atom. The van der Waals surface area contributed by atoms with E-state index in [-0.39, 0.29) is 0 Å². The van der Waals surface area contributed by atoms with E-state index in [1.165, 1.54) is 49.8 Å². The molecule has 2 aliphatic rings. The smallest absolute Gasteiger partial charge is 0.196 e. The van der Waals surface area contributed by atoms with Gasteiger partial charge in [-0.1, -0.05) is 37.8 Å². The fourth-order valence-electron chi connectivity index (χ4n) is 3.67. The van der Waals surface area contributed by atoms with Crippen LogP contribution in [-0.2, 0) is 0 Å². The third-order valence-corrected chi connectivity index (χ3v) is 4.74. The van der Waals surface area contributed by atoms with E-state index >= 15 is 0 Å². The minimum atomic E-state index is 0.467. The highest BCUT2D eigenvalue weighted by molar-refractivity contribution is 5.97. The minimum Gasteiger partial charge on any atom is -0.370 e. The normalized spacial score (nSPS) is 24.6. The predicted molar refractivity (Wildman–Crippen MR) is 85.1 cm³/mol. The average molecular weight is 271 g/mol. The lowest BCUT2D eigenvalue weighted by atomic mass is 9.91. The van der Waals surface area contributed by atoms with Crippen LogP contribution >= 0.6 is 0 Å². The number of aliphatic imine (C=N–C) groups is 1. The van der Waals surface area contributed by atoms with Crippen molar-refractivity contribution in [2.45, 2.75) is 51.5 Å². The molecule has 3 rings (SSSR count). The van der Waals surface area contributed by atoms with Gasteiger partial charge in [-0.05, 0) is 43.4 Å². The van der Waals surface area contributed by atoms with Gasteiger partial charge in [-0.3, -0.25) is 4.99 Å². The molecule has 1 unspecified atom stereocenters. The largest absolute Gasteiger partial charge is 0.370 e. The summed E-state index contributed by atoms with van der Waals surface area (Å²) < 4.78 is 0. The molecule has 3 heteroatoms. The number of guanidine groups is 1. The quantitative estimate of drug-likeness (QED) is 0.837. The Morgan fingerprint density at radius 1 is 1.15 bits per heavy atom. The van der Waals surface area contributed by atoms with Crippen LogP contribution in [0.3, 0.4) is 0 Å². The van der Waals surface area contributed by atoms with Crippen LogP contribution in [0.15, 0.2) is 29.3 Å². The van der Waals surface area contributed by atoms with Gasteiger partial charge in [0.25, 0.3) is 0 Å². The topological polar surface area (TPSA) is 41.6 Å². The molecule has 3 nitrogen and oxygen atoms in total. The summed E-state index contributed by atoms with van der Waals surface area (Å²) in [6, 6.07) is 9.09. The van der Waals surface area contributed by atoms with Gasteiger partial charge in [0.2, 0.25) is 0 Å². The Labute approximate surface area is 121 Å². The number of nitrogens with zero attached hydrogens (tertiary/aromatic N) is 2. The highest BCUT2D eigenvalue weighted by atomic mass is 15.3. The molecule has 1 aromatic carbocycles. The van der Waals surface area contributed by atoms with E-state index in [2.05, 4.69) is 41.1 Å². The number of rotatable bonds is 2. The first-order valence-corrected chi connectivity index (χ1v) is 7.91. The lowest BCUT2D eigenvalue weighted by Gasteiger charge is -2.32. The van der Waals surface area contributed by atoms with E-state index in [4.69, 9.17) is 5.73 Å². The summed E-state index contributed by atoms with van der Waals surface area (Å²) in [5.41, 5.74) is 8.66. The van der Waals surface area contributed by atoms with Crippen molar-refractivity contribution in [3.05, 3.63) is 29.8 Å². The summed E-state index contributed by atoms with van der Waals surface area (Å²) in [6.45, 7) is 3.00. The molecule has 0 aromatic heterocycles. The number of hydrogen-bond donors (Lipinski definition) is 1. The first-order valence-electron chi connectivity index (χ1n) is 7.91. The number of hydrogen-bond acceptors (Lipinski definition) is 3. The Morgan fingerprint density at radius 2 is 1.90 bits per heavy atom. The zero-order valence-electron chi connectivity index (χ0n) is 12.4. The molecule has 1 aromatic rings. The molecule has 2 N–H and O–H groups in total. The van der Waals surface area contributed by atoms with Crippen LogP contribution in [-0.4, -0.2) is 18.5 Å². The molecule has 0 spiro atoms. The van der Waals surface area contributed by atoms with Gasteiger partial charge in [0, 0.05) is 5.69 Å². The molecule has 0 bridgehead atoms. The van der Waals surface area contributed by atoms with Crippen molar-refractivity contribution in [2.75, 3.05) is 11.4 Å². The van der Waals surface area contributed by atoms with Crippen molar-refractivity contribution in [2.24, 2.45) is 16.6 Å². The maximum absolute atomic E-state index is 6.17. The molecule has 0 amide bonds. The monoisotopic (exact) mass is 271 g/mol. The number of aryl methyl sites for hydroxylation is 1. The van der Waals surface area contributed by atoms with E-state index in [1.807, 2.05) is 0 Å². The Bertz CT molecular complexity index is 487. The summed E-state index contributed by atoms with van der Waals surface area (Å²) in [4.78, 5) is 6.81. The van der Waals surface area contributed by atoms with Crippen molar-refractivity contribution < 1.29 is 0 Å². The van der Waals surface area contributed by atoms with E-state index in [9.17, 15) is 0 Å². The predicted octanol–water partition coefficient (Wildman–Crippen LogP) is 3.47. The molecule has 108 valence electrons. The van der Waals surface area contributed by atoms with Gasteiger partial charge >= 0.3 is 0 Å². The molecule has 1 atom stereocenters. The zero-order chi connectivity index (χ0) is 13.9. The summed E-state index contributed by atoms with van der Waals surface area (Å²) in [5, 5.41) is 0. The molecule has 1 aliphatic heterocycles. The van der Waals surface area contributed by atoms with Crippen LogP contribution in [0, 0.1) is 12.8 Å². The third kappa shape index (κ3) is 2.67. The Hall–Kier alpha value is -1.51. The standard InChI is InChI=1S/C17H25N3/c1-13-7-6-10-15(11-13)20-16(12-19-17(20)18)14-8-4-2-3-5-9-14/h6-7,10-11,14,16H,2-5,8-9,12H2,1H3,(H2,18,19). The maximum Gasteiger partial charge on any atom is 0.196 e. The number of anilines is 1. The highest BCUT2D eigenvalue weighted by Crippen LogP contribution is 2.33. The third-order valence-electron chi connectivity index (χ3n) is 4.74. The van der Waals surface area contributed by atoms with Crippen LogP contribution in [0.25, 0.3) is 0 Å². The molecule has 1 heterocycles. The number of benzene rings is 1. The van der Waals surface area contributed by atoms with Crippen molar-refractivity contribution in [1.82, 2.24) is 0 Å². The zero-order valence-corrected chi connectivity index (χ0v) is 12.4. The highest BCUT2D eigenvalue weighted by Gasteiger charge is 2.33. The van der Waals surface area contributed by atoms with Crippen LogP contribution in [0.2, 0.25) is 0 Å². The first-order chi connectivity index (χ1) is 9.75. The summed E-state index contributed by atoms with van der Waals surface area (Å²) in [5.74, 6) is 1.44. The van der Waals surface area contributed by atoms with Crippen molar-refractivity contribution in [1.29, 1.82) is 0 Å². The average Bonchev–Trinajstić information content (AvgIpc) is 2.65. The second-order valence-electron chi connectivity index (χ2n) is 6.23. The van der Waals surface area contributed by atoms with E-state index in [0.717, 1.165) is 12.5 Å². The Balaban J connectivity index is 1.84. The van der Waals surface area contributed by atoms with Gasteiger partial charge < -0.3 is 10.6 Å². The fraction of sp³-hybridized carbons (Fsp3) is 0.588. The summed E-state index contributed by atoms with van der Waals surface area (Å²) >= 11 is 0. The van der Waals surface area contributed by atoms with Crippen molar-refractivity contribution in [3.8, 4) is 0 Å². The van der Waals surface area contributed by atoms with Gasteiger partial charge in [0.15, 0.2) is 5.96 Å². The van der Waals surface area contributed by atoms with Crippen LogP contribution in [0.1, 0.15) is 44.1 Å². The van der Waals surface area contributed by atoms with E-state index in [0.29, 0.717) is 12.0 Å². The Kier molecular flexibility index (Phi) is 3.95. The first kappa shape index (κ1) is 13.5. The van der Waals surface area contributed by atoms with Gasteiger partial charge in [-0.25, -0.2) is 0 Å². The molecule has 1 fully saturated rings. The van der Waals surface area contributed by atoms with Gasteiger partial charge in [0.05, 0.1) is 12.6 Å². The summed E-state index contributed by atoms with van der Waals surface area (Å²) in [6.07, 6.45) is 8.17.